The molecule has 0 rings (SSSR count). The van der Waals surface area contributed by atoms with Crippen LogP contribution in [0.4, 0.5) is 0 Å². The van der Waals surface area contributed by atoms with Crippen molar-refractivity contribution in [2.24, 2.45) is 0 Å². The molecule has 6 nitrogen and oxygen atoms in total. The maximum Gasteiger partial charge on any atom is 0.333 e. The number of carbonyl (C=O) groups excluding carboxylic acids is 1. The van der Waals surface area contributed by atoms with E-state index in [-0.39, 0.29) is 31.8 Å². The van der Waals surface area contributed by atoms with Gasteiger partial charge in [0.25, 0.3) is 0 Å². The molecule has 0 fully saturated rings. The van der Waals surface area contributed by atoms with Gasteiger partial charge in [-0.2, -0.15) is 0 Å². The van der Waals surface area contributed by atoms with Gasteiger partial charge in [-0.3, -0.25) is 4.79 Å². The number of rotatable bonds is 12. The first-order valence-corrected chi connectivity index (χ1v) is 7.14. The summed E-state index contributed by atoms with van der Waals surface area (Å²) in [6.45, 7) is 9.67. The molecule has 0 aliphatic heterocycles. The zero-order valence-corrected chi connectivity index (χ0v) is 13.1. The second-order valence-electron chi connectivity index (χ2n) is 4.88. The molecule has 0 aromatic heterocycles. The number of aliphatic carboxylic acids is 1. The third-order valence-electron chi connectivity index (χ3n) is 2.79. The van der Waals surface area contributed by atoms with Crippen LogP contribution in [0.3, 0.4) is 0 Å². The minimum absolute atomic E-state index is 0.00115. The molecule has 0 saturated carbocycles. The number of carbonyl (C=O) groups is 2. The molecule has 0 aliphatic carbocycles. The van der Waals surface area contributed by atoms with Crippen LogP contribution in [-0.4, -0.2) is 49.1 Å². The second-order valence-corrected chi connectivity index (χ2v) is 4.88. The van der Waals surface area contributed by atoms with Gasteiger partial charge in [-0.25, -0.2) is 4.79 Å². The lowest BCUT2D eigenvalue weighted by molar-refractivity contribution is -0.142. The van der Waals surface area contributed by atoms with E-state index in [9.17, 15) is 9.59 Å². The van der Waals surface area contributed by atoms with Crippen LogP contribution in [-0.2, 0) is 23.8 Å². The Morgan fingerprint density at radius 1 is 1.19 bits per heavy atom. The highest BCUT2D eigenvalue weighted by Crippen LogP contribution is 2.10. The summed E-state index contributed by atoms with van der Waals surface area (Å²) in [7, 11) is 0. The van der Waals surface area contributed by atoms with Crippen LogP contribution in [0.5, 0.6) is 0 Å². The minimum atomic E-state index is -0.871. The van der Waals surface area contributed by atoms with Crippen molar-refractivity contribution in [1.82, 2.24) is 0 Å². The highest BCUT2D eigenvalue weighted by atomic mass is 16.6. The molecule has 6 heteroatoms. The summed E-state index contributed by atoms with van der Waals surface area (Å²) in [6.07, 6.45) is 1.39. The van der Waals surface area contributed by atoms with Gasteiger partial charge < -0.3 is 19.3 Å². The van der Waals surface area contributed by atoms with Crippen molar-refractivity contribution >= 4 is 11.9 Å². The molecule has 2 unspecified atom stereocenters. The predicted molar refractivity (Wildman–Crippen MR) is 78.1 cm³/mol. The van der Waals surface area contributed by atoms with Crippen LogP contribution in [0.2, 0.25) is 0 Å². The van der Waals surface area contributed by atoms with E-state index in [0.717, 1.165) is 6.42 Å². The van der Waals surface area contributed by atoms with Crippen molar-refractivity contribution in [3.05, 3.63) is 12.2 Å². The number of hydrogen-bond donors (Lipinski definition) is 1. The number of carboxylic acid groups (broad SMARTS) is 1. The molecule has 0 aromatic carbocycles. The molecular formula is C15H26O6. The lowest BCUT2D eigenvalue weighted by atomic mass is 10.1. The summed E-state index contributed by atoms with van der Waals surface area (Å²) < 4.78 is 16.0. The van der Waals surface area contributed by atoms with Gasteiger partial charge >= 0.3 is 11.9 Å². The lowest BCUT2D eigenvalue weighted by Crippen LogP contribution is -2.23. The van der Waals surface area contributed by atoms with Gasteiger partial charge in [-0.15, -0.1) is 0 Å². The van der Waals surface area contributed by atoms with E-state index in [1.54, 1.807) is 6.92 Å². The molecule has 21 heavy (non-hydrogen) atoms. The minimum Gasteiger partial charge on any atom is -0.481 e. The smallest absolute Gasteiger partial charge is 0.333 e. The van der Waals surface area contributed by atoms with Crippen molar-refractivity contribution in [1.29, 1.82) is 0 Å². The van der Waals surface area contributed by atoms with E-state index in [4.69, 9.17) is 19.3 Å². The maximum atomic E-state index is 11.2. The van der Waals surface area contributed by atoms with Gasteiger partial charge in [0, 0.05) is 5.57 Å². The zero-order chi connectivity index (χ0) is 16.3. The molecule has 0 radical (unpaired) electrons. The maximum absolute atomic E-state index is 11.2. The lowest BCUT2D eigenvalue weighted by Gasteiger charge is -2.20. The van der Waals surface area contributed by atoms with E-state index in [1.807, 2.05) is 13.8 Å². The van der Waals surface area contributed by atoms with Gasteiger partial charge in [-0.05, 0) is 26.7 Å². The number of esters is 1. The molecule has 0 bridgehead atoms. The molecule has 0 spiro atoms. The van der Waals surface area contributed by atoms with Crippen molar-refractivity contribution in [2.75, 3.05) is 19.8 Å². The number of carboxylic acids is 1. The van der Waals surface area contributed by atoms with E-state index in [0.29, 0.717) is 18.6 Å². The zero-order valence-electron chi connectivity index (χ0n) is 13.1. The second kappa shape index (κ2) is 11.3. The molecule has 0 aliphatic rings. The topological polar surface area (TPSA) is 82.1 Å². The van der Waals surface area contributed by atoms with Gasteiger partial charge in [0.2, 0.25) is 0 Å². The summed E-state index contributed by atoms with van der Waals surface area (Å²) in [6, 6.07) is 0. The van der Waals surface area contributed by atoms with Crippen molar-refractivity contribution in [3.8, 4) is 0 Å². The Kier molecular flexibility index (Phi) is 10.5. The number of ether oxygens (including phenoxy) is 3. The molecular weight excluding hydrogens is 276 g/mol. The molecule has 1 N–H and O–H groups in total. The highest BCUT2D eigenvalue weighted by molar-refractivity contribution is 5.86. The Balaban J connectivity index is 3.81. The normalized spacial score (nSPS) is 13.5. The SMILES string of the molecule is C=C(C)C(=O)OCCOC(CC)CC(C)OCCC(=O)O. The third-order valence-corrected chi connectivity index (χ3v) is 2.79. The summed E-state index contributed by atoms with van der Waals surface area (Å²) in [5, 5.41) is 8.53. The fraction of sp³-hybridized carbons (Fsp3) is 0.733. The fourth-order valence-electron chi connectivity index (χ4n) is 1.61. The first-order valence-electron chi connectivity index (χ1n) is 7.14. The fourth-order valence-corrected chi connectivity index (χ4v) is 1.61. The van der Waals surface area contributed by atoms with Crippen LogP contribution in [0.25, 0.3) is 0 Å². The quantitative estimate of drug-likeness (QED) is 0.338. The van der Waals surface area contributed by atoms with Gasteiger partial charge in [0.15, 0.2) is 0 Å². The predicted octanol–water partition coefficient (Wildman–Crippen LogP) is 2.17. The summed E-state index contributed by atoms with van der Waals surface area (Å²) >= 11 is 0. The molecule has 0 aromatic rings. The van der Waals surface area contributed by atoms with Crippen LogP contribution < -0.4 is 0 Å². The summed E-state index contributed by atoms with van der Waals surface area (Å²) in [5.74, 6) is -1.29. The van der Waals surface area contributed by atoms with Crippen molar-refractivity contribution in [2.45, 2.75) is 52.2 Å². The Labute approximate surface area is 126 Å². The summed E-state index contributed by atoms with van der Waals surface area (Å²) in [5.41, 5.74) is 0.363. The molecule has 122 valence electrons. The average Bonchev–Trinajstić information content (AvgIpc) is 2.41. The molecule has 2 atom stereocenters. The van der Waals surface area contributed by atoms with Gasteiger partial charge in [0.1, 0.15) is 6.61 Å². The Morgan fingerprint density at radius 3 is 2.38 bits per heavy atom. The Hall–Kier alpha value is -1.40. The van der Waals surface area contributed by atoms with Crippen molar-refractivity contribution in [3.63, 3.8) is 0 Å². The Morgan fingerprint density at radius 2 is 1.86 bits per heavy atom. The first kappa shape index (κ1) is 19.6. The largest absolute Gasteiger partial charge is 0.481 e. The Bertz CT molecular complexity index is 339. The molecule has 0 heterocycles. The molecule has 0 saturated heterocycles. The number of hydrogen-bond acceptors (Lipinski definition) is 5. The van der Waals surface area contributed by atoms with Crippen LogP contribution in [0.1, 0.15) is 40.0 Å². The monoisotopic (exact) mass is 302 g/mol. The van der Waals surface area contributed by atoms with Crippen LogP contribution in [0, 0.1) is 0 Å². The average molecular weight is 302 g/mol. The molecule has 0 amide bonds. The highest BCUT2D eigenvalue weighted by Gasteiger charge is 2.13. The standard InChI is InChI=1S/C15H26O6/c1-5-13(10-12(4)19-7-6-14(16)17)20-8-9-21-15(18)11(2)3/h12-13H,2,5-10H2,1,3-4H3,(H,16,17). The van der Waals surface area contributed by atoms with E-state index in [1.165, 1.54) is 0 Å². The van der Waals surface area contributed by atoms with Crippen molar-refractivity contribution < 1.29 is 28.9 Å². The summed E-state index contributed by atoms with van der Waals surface area (Å²) in [4.78, 5) is 21.5. The van der Waals surface area contributed by atoms with Crippen LogP contribution in [0.15, 0.2) is 12.2 Å². The van der Waals surface area contributed by atoms with E-state index < -0.39 is 11.9 Å². The van der Waals surface area contributed by atoms with Gasteiger partial charge in [0.05, 0.1) is 31.8 Å². The third kappa shape index (κ3) is 11.0. The van der Waals surface area contributed by atoms with Gasteiger partial charge in [-0.1, -0.05) is 13.5 Å². The first-order chi connectivity index (χ1) is 9.86. The van der Waals surface area contributed by atoms with E-state index in [2.05, 4.69) is 6.58 Å². The van der Waals surface area contributed by atoms with Crippen LogP contribution >= 0.6 is 0 Å². The van der Waals surface area contributed by atoms with E-state index >= 15 is 0 Å².